The molecule has 0 spiro atoms. The van der Waals surface area contributed by atoms with Gasteiger partial charge in [0, 0.05) is 7.11 Å². The molecule has 0 aromatic carbocycles. The Morgan fingerprint density at radius 1 is 1.44 bits per heavy atom. The summed E-state index contributed by atoms with van der Waals surface area (Å²) in [6.45, 7) is 6.20. The lowest BCUT2D eigenvalue weighted by Gasteiger charge is -2.17. The molecule has 0 aliphatic carbocycles. The van der Waals surface area contributed by atoms with Gasteiger partial charge in [-0.25, -0.2) is 0 Å². The maximum atomic E-state index is 5.15. The predicted molar refractivity (Wildman–Crippen MR) is 40.5 cm³/mol. The summed E-state index contributed by atoms with van der Waals surface area (Å²) in [5, 5.41) is 0. The van der Waals surface area contributed by atoms with Gasteiger partial charge < -0.3 is 4.74 Å². The van der Waals surface area contributed by atoms with Crippen molar-refractivity contribution in [2.45, 2.75) is 32.8 Å². The Labute approximate surface area is 57.7 Å². The van der Waals surface area contributed by atoms with Gasteiger partial charge in [0.05, 0.1) is 5.60 Å². The zero-order valence-corrected chi connectivity index (χ0v) is 6.77. The van der Waals surface area contributed by atoms with E-state index in [1.807, 2.05) is 13.8 Å². The number of ether oxygens (including phenoxy) is 1. The molecule has 0 saturated carbocycles. The van der Waals surface area contributed by atoms with E-state index in [0.717, 1.165) is 6.42 Å². The van der Waals surface area contributed by atoms with Crippen LogP contribution < -0.4 is 0 Å². The van der Waals surface area contributed by atoms with E-state index < -0.39 is 0 Å². The van der Waals surface area contributed by atoms with Gasteiger partial charge in [0.1, 0.15) is 0 Å². The molecule has 9 heavy (non-hydrogen) atoms. The van der Waals surface area contributed by atoms with E-state index in [1.54, 1.807) is 7.11 Å². The summed E-state index contributed by atoms with van der Waals surface area (Å²) in [6, 6.07) is 0. The smallest absolute Gasteiger partial charge is 0.0802 e. The average Bonchev–Trinajstić information content (AvgIpc) is 1.84. The first-order valence-corrected chi connectivity index (χ1v) is 3.35. The van der Waals surface area contributed by atoms with Crippen LogP contribution in [0.2, 0.25) is 0 Å². The molecule has 1 heteroatoms. The topological polar surface area (TPSA) is 9.23 Å². The Hall–Kier alpha value is -0.300. The standard InChI is InChI=1S/C8H16O/c1-5-6-7-8(2,3)9-4/h6-7H,5H2,1-4H3. The van der Waals surface area contributed by atoms with Gasteiger partial charge in [-0.15, -0.1) is 0 Å². The second kappa shape index (κ2) is 3.67. The van der Waals surface area contributed by atoms with Crippen LogP contribution in [0.15, 0.2) is 12.2 Å². The zero-order chi connectivity index (χ0) is 7.33. The molecule has 0 radical (unpaired) electrons. The fraction of sp³-hybridized carbons (Fsp3) is 0.750. The molecule has 54 valence electrons. The van der Waals surface area contributed by atoms with Gasteiger partial charge in [-0.1, -0.05) is 19.1 Å². The Morgan fingerprint density at radius 3 is 2.33 bits per heavy atom. The van der Waals surface area contributed by atoms with Crippen molar-refractivity contribution in [3.05, 3.63) is 12.2 Å². The lowest BCUT2D eigenvalue weighted by molar-refractivity contribution is 0.0654. The van der Waals surface area contributed by atoms with E-state index >= 15 is 0 Å². The largest absolute Gasteiger partial charge is 0.375 e. The van der Waals surface area contributed by atoms with Crippen LogP contribution >= 0.6 is 0 Å². The third-order valence-electron chi connectivity index (χ3n) is 1.28. The highest BCUT2D eigenvalue weighted by Gasteiger charge is 2.09. The highest BCUT2D eigenvalue weighted by atomic mass is 16.5. The first kappa shape index (κ1) is 8.70. The molecule has 1 nitrogen and oxygen atoms in total. The van der Waals surface area contributed by atoms with Crippen molar-refractivity contribution in [1.82, 2.24) is 0 Å². The van der Waals surface area contributed by atoms with Gasteiger partial charge in [-0.05, 0) is 20.3 Å². The fourth-order valence-electron chi connectivity index (χ4n) is 0.470. The maximum Gasteiger partial charge on any atom is 0.0802 e. The van der Waals surface area contributed by atoms with Gasteiger partial charge in [0.25, 0.3) is 0 Å². The molecule has 0 aliphatic rings. The van der Waals surface area contributed by atoms with Crippen LogP contribution in [0.5, 0.6) is 0 Å². The molecule has 0 aromatic heterocycles. The predicted octanol–water partition coefficient (Wildman–Crippen LogP) is 2.38. The molecule has 0 heterocycles. The van der Waals surface area contributed by atoms with Crippen molar-refractivity contribution < 1.29 is 4.74 Å². The molecule has 0 fully saturated rings. The van der Waals surface area contributed by atoms with Crippen LogP contribution in [-0.2, 0) is 4.74 Å². The van der Waals surface area contributed by atoms with Crippen LogP contribution in [0.3, 0.4) is 0 Å². The minimum absolute atomic E-state index is 0.0873. The summed E-state index contributed by atoms with van der Waals surface area (Å²) >= 11 is 0. The summed E-state index contributed by atoms with van der Waals surface area (Å²) in [5.41, 5.74) is -0.0873. The molecule has 0 N–H and O–H groups in total. The highest BCUT2D eigenvalue weighted by Crippen LogP contribution is 2.08. The molecular formula is C8H16O. The number of hydrogen-bond acceptors (Lipinski definition) is 1. The number of allylic oxidation sites excluding steroid dienone is 1. The SMILES string of the molecule is CCC=CC(C)(C)OC. The molecule has 0 aliphatic heterocycles. The van der Waals surface area contributed by atoms with E-state index in [4.69, 9.17) is 4.74 Å². The fourth-order valence-corrected chi connectivity index (χ4v) is 0.470. The van der Waals surface area contributed by atoms with Crippen molar-refractivity contribution in [3.63, 3.8) is 0 Å². The molecule has 0 bridgehead atoms. The van der Waals surface area contributed by atoms with Crippen molar-refractivity contribution in [2.75, 3.05) is 7.11 Å². The van der Waals surface area contributed by atoms with Crippen molar-refractivity contribution >= 4 is 0 Å². The van der Waals surface area contributed by atoms with Crippen LogP contribution in [0.4, 0.5) is 0 Å². The Bertz CT molecular complexity index is 92.7. The van der Waals surface area contributed by atoms with Crippen LogP contribution in [0.1, 0.15) is 27.2 Å². The number of methoxy groups -OCH3 is 1. The van der Waals surface area contributed by atoms with Gasteiger partial charge in [0.2, 0.25) is 0 Å². The average molecular weight is 128 g/mol. The summed E-state index contributed by atoms with van der Waals surface area (Å²) in [6.07, 6.45) is 5.27. The minimum atomic E-state index is -0.0873. The van der Waals surface area contributed by atoms with E-state index in [-0.39, 0.29) is 5.60 Å². The molecule has 0 unspecified atom stereocenters. The quantitative estimate of drug-likeness (QED) is 0.530. The molecule has 0 saturated heterocycles. The van der Waals surface area contributed by atoms with Gasteiger partial charge in [0.15, 0.2) is 0 Å². The molecule has 0 amide bonds. The van der Waals surface area contributed by atoms with E-state index in [2.05, 4.69) is 19.1 Å². The van der Waals surface area contributed by atoms with Gasteiger partial charge in [-0.3, -0.25) is 0 Å². The van der Waals surface area contributed by atoms with E-state index in [9.17, 15) is 0 Å². The summed E-state index contributed by atoms with van der Waals surface area (Å²) in [5.74, 6) is 0. The van der Waals surface area contributed by atoms with Crippen LogP contribution in [0.25, 0.3) is 0 Å². The third-order valence-corrected chi connectivity index (χ3v) is 1.28. The second-order valence-electron chi connectivity index (χ2n) is 2.62. The van der Waals surface area contributed by atoms with E-state index in [0.29, 0.717) is 0 Å². The molecular weight excluding hydrogens is 112 g/mol. The van der Waals surface area contributed by atoms with Crippen molar-refractivity contribution in [2.24, 2.45) is 0 Å². The highest BCUT2D eigenvalue weighted by molar-refractivity contribution is 4.95. The molecule has 0 rings (SSSR count). The Balaban J connectivity index is 3.70. The maximum absolute atomic E-state index is 5.15. The Kier molecular flexibility index (Phi) is 3.55. The first-order valence-electron chi connectivity index (χ1n) is 3.35. The summed E-state index contributed by atoms with van der Waals surface area (Å²) in [4.78, 5) is 0. The molecule has 0 aromatic rings. The monoisotopic (exact) mass is 128 g/mol. The summed E-state index contributed by atoms with van der Waals surface area (Å²) < 4.78 is 5.15. The number of hydrogen-bond donors (Lipinski definition) is 0. The second-order valence-corrected chi connectivity index (χ2v) is 2.62. The first-order chi connectivity index (χ1) is 4.12. The third kappa shape index (κ3) is 4.22. The van der Waals surface area contributed by atoms with E-state index in [1.165, 1.54) is 0 Å². The summed E-state index contributed by atoms with van der Waals surface area (Å²) in [7, 11) is 1.72. The minimum Gasteiger partial charge on any atom is -0.375 e. The van der Waals surface area contributed by atoms with Gasteiger partial charge in [-0.2, -0.15) is 0 Å². The lowest BCUT2D eigenvalue weighted by Crippen LogP contribution is -2.18. The number of rotatable bonds is 3. The molecule has 0 atom stereocenters. The normalized spacial score (nSPS) is 12.9. The van der Waals surface area contributed by atoms with Crippen molar-refractivity contribution in [3.8, 4) is 0 Å². The lowest BCUT2D eigenvalue weighted by atomic mass is 10.1. The van der Waals surface area contributed by atoms with Gasteiger partial charge >= 0.3 is 0 Å². The van der Waals surface area contributed by atoms with Crippen LogP contribution in [-0.4, -0.2) is 12.7 Å². The van der Waals surface area contributed by atoms with Crippen molar-refractivity contribution in [1.29, 1.82) is 0 Å². The Morgan fingerprint density at radius 2 is 2.00 bits per heavy atom. The van der Waals surface area contributed by atoms with Crippen LogP contribution in [0, 0.1) is 0 Å². The zero-order valence-electron chi connectivity index (χ0n) is 6.77.